The van der Waals surface area contributed by atoms with Gasteiger partial charge in [0.05, 0.1) is 0 Å². The zero-order valence-corrected chi connectivity index (χ0v) is 4.77. The molecule has 1 fully saturated rings. The number of hydrogen-bond acceptors (Lipinski definition) is 1. The fraction of sp³-hybridized carbons (Fsp3) is 0.833. The Bertz CT molecular complexity index is 96.4. The average Bonchev–Trinajstić information content (AvgIpc) is 2.17. The zero-order chi connectivity index (χ0) is 5.44. The molecule has 0 amide bonds. The highest BCUT2D eigenvalue weighted by atomic mass is 16.1. The van der Waals surface area contributed by atoms with Gasteiger partial charge in [0.1, 0.15) is 5.78 Å². The lowest BCUT2D eigenvalue weighted by Crippen LogP contribution is -1.92. The van der Waals surface area contributed by atoms with Gasteiger partial charge in [0.15, 0.2) is 0 Å². The highest BCUT2D eigenvalue weighted by Gasteiger charge is 2.36. The molecule has 0 spiro atoms. The van der Waals surface area contributed by atoms with Crippen LogP contribution in [0, 0.1) is 11.8 Å². The summed E-state index contributed by atoms with van der Waals surface area (Å²) in [6.45, 7) is 3.79. The molecule has 1 saturated carbocycles. The van der Waals surface area contributed by atoms with E-state index in [1.807, 2.05) is 0 Å². The number of hydrogen-bond donors (Lipinski definition) is 0. The molecule has 1 heteroatoms. The maximum Gasteiger partial charge on any atom is 0.133 e. The summed E-state index contributed by atoms with van der Waals surface area (Å²) >= 11 is 0. The van der Waals surface area contributed by atoms with Gasteiger partial charge >= 0.3 is 0 Å². The van der Waals surface area contributed by atoms with E-state index in [0.717, 1.165) is 6.42 Å². The van der Waals surface area contributed by atoms with Gasteiger partial charge in [-0.2, -0.15) is 0 Å². The Hall–Kier alpha value is -0.330. The molecule has 1 nitrogen and oxygen atoms in total. The summed E-state index contributed by atoms with van der Waals surface area (Å²) < 4.78 is 0. The van der Waals surface area contributed by atoms with Crippen molar-refractivity contribution in [3.05, 3.63) is 0 Å². The number of Topliss-reactive ketones (excluding diaryl/α,β-unsaturated/α-hetero) is 1. The Morgan fingerprint density at radius 3 is 2.14 bits per heavy atom. The van der Waals surface area contributed by atoms with Crippen LogP contribution >= 0.6 is 0 Å². The molecule has 2 atom stereocenters. The molecule has 0 heterocycles. The standard InChI is InChI=1S/C6H10O/c1-4-3-6(4)5(2)7/h4,6H,3H2,1-2H3/t4-,6+/m0/s1. The average molecular weight is 98.1 g/mol. The Morgan fingerprint density at radius 2 is 2.14 bits per heavy atom. The van der Waals surface area contributed by atoms with E-state index in [1.165, 1.54) is 0 Å². The molecular weight excluding hydrogens is 88.1 g/mol. The minimum atomic E-state index is 0.368. The predicted molar refractivity (Wildman–Crippen MR) is 28.0 cm³/mol. The molecule has 0 N–H and O–H groups in total. The highest BCUT2D eigenvalue weighted by Crippen LogP contribution is 2.37. The fourth-order valence-electron chi connectivity index (χ4n) is 0.889. The van der Waals surface area contributed by atoms with Crippen LogP contribution in [0.5, 0.6) is 0 Å². The van der Waals surface area contributed by atoms with Crippen molar-refractivity contribution in [1.29, 1.82) is 0 Å². The van der Waals surface area contributed by atoms with Gasteiger partial charge in [0.2, 0.25) is 0 Å². The van der Waals surface area contributed by atoms with Gasteiger partial charge in [-0.25, -0.2) is 0 Å². The van der Waals surface area contributed by atoms with Gasteiger partial charge < -0.3 is 0 Å². The number of rotatable bonds is 1. The largest absolute Gasteiger partial charge is 0.300 e. The molecule has 0 aromatic rings. The molecule has 0 bridgehead atoms. The van der Waals surface area contributed by atoms with E-state index in [0.29, 0.717) is 17.6 Å². The van der Waals surface area contributed by atoms with Crippen LogP contribution < -0.4 is 0 Å². The van der Waals surface area contributed by atoms with Gasteiger partial charge in [-0.05, 0) is 19.3 Å². The van der Waals surface area contributed by atoms with E-state index in [-0.39, 0.29) is 0 Å². The van der Waals surface area contributed by atoms with Gasteiger partial charge in [-0.3, -0.25) is 4.79 Å². The van der Waals surface area contributed by atoms with Crippen LogP contribution in [0.2, 0.25) is 0 Å². The van der Waals surface area contributed by atoms with Crippen molar-refractivity contribution in [3.8, 4) is 0 Å². The van der Waals surface area contributed by atoms with Crippen molar-refractivity contribution >= 4 is 5.78 Å². The first-order chi connectivity index (χ1) is 3.22. The van der Waals surface area contributed by atoms with Crippen LogP contribution in [0.4, 0.5) is 0 Å². The zero-order valence-electron chi connectivity index (χ0n) is 4.77. The Balaban J connectivity index is 2.33. The summed E-state index contributed by atoms with van der Waals surface area (Å²) in [5.74, 6) is 1.49. The third-order valence-corrected chi connectivity index (χ3v) is 1.63. The quantitative estimate of drug-likeness (QED) is 0.482. The normalized spacial score (nSPS) is 38.0. The lowest BCUT2D eigenvalue weighted by Gasteiger charge is -1.80. The summed E-state index contributed by atoms with van der Waals surface area (Å²) in [6, 6.07) is 0. The monoisotopic (exact) mass is 98.1 g/mol. The van der Waals surface area contributed by atoms with Gasteiger partial charge in [0.25, 0.3) is 0 Å². The molecule has 0 saturated heterocycles. The highest BCUT2D eigenvalue weighted by molar-refractivity contribution is 5.80. The first-order valence-electron chi connectivity index (χ1n) is 2.72. The molecule has 0 aromatic heterocycles. The summed E-state index contributed by atoms with van der Waals surface area (Å²) in [7, 11) is 0. The minimum Gasteiger partial charge on any atom is -0.300 e. The summed E-state index contributed by atoms with van der Waals surface area (Å²) in [5, 5.41) is 0. The van der Waals surface area contributed by atoms with Crippen molar-refractivity contribution in [2.24, 2.45) is 11.8 Å². The maximum absolute atomic E-state index is 10.4. The third kappa shape index (κ3) is 0.817. The molecule has 1 rings (SSSR count). The molecule has 0 unspecified atom stereocenters. The lowest BCUT2D eigenvalue weighted by molar-refractivity contribution is -0.118. The summed E-state index contributed by atoms with van der Waals surface area (Å²) in [5.41, 5.74) is 0. The molecular formula is C6H10O. The molecule has 1 aliphatic rings. The Labute approximate surface area is 43.7 Å². The van der Waals surface area contributed by atoms with E-state index >= 15 is 0 Å². The van der Waals surface area contributed by atoms with E-state index in [4.69, 9.17) is 0 Å². The van der Waals surface area contributed by atoms with Crippen molar-refractivity contribution in [2.75, 3.05) is 0 Å². The van der Waals surface area contributed by atoms with E-state index < -0.39 is 0 Å². The molecule has 40 valence electrons. The van der Waals surface area contributed by atoms with E-state index in [9.17, 15) is 4.79 Å². The smallest absolute Gasteiger partial charge is 0.133 e. The predicted octanol–water partition coefficient (Wildman–Crippen LogP) is 1.23. The second-order valence-corrected chi connectivity index (χ2v) is 2.43. The summed E-state index contributed by atoms with van der Waals surface area (Å²) in [4.78, 5) is 10.4. The molecule has 0 radical (unpaired) electrons. The number of carbonyl (C=O) groups is 1. The molecule has 0 aromatic carbocycles. The maximum atomic E-state index is 10.4. The van der Waals surface area contributed by atoms with Crippen LogP contribution in [0.1, 0.15) is 20.3 Å². The topological polar surface area (TPSA) is 17.1 Å². The second kappa shape index (κ2) is 1.32. The Kier molecular flexibility index (Phi) is 0.911. The van der Waals surface area contributed by atoms with Crippen LogP contribution in [-0.4, -0.2) is 5.78 Å². The van der Waals surface area contributed by atoms with Crippen LogP contribution in [0.3, 0.4) is 0 Å². The minimum absolute atomic E-state index is 0.368. The van der Waals surface area contributed by atoms with Crippen molar-refractivity contribution in [3.63, 3.8) is 0 Å². The summed E-state index contributed by atoms with van der Waals surface area (Å²) in [6.07, 6.45) is 1.13. The van der Waals surface area contributed by atoms with Gasteiger partial charge in [-0.1, -0.05) is 6.92 Å². The first kappa shape index (κ1) is 4.82. The first-order valence-corrected chi connectivity index (χ1v) is 2.72. The van der Waals surface area contributed by atoms with Crippen LogP contribution in [-0.2, 0) is 4.79 Å². The van der Waals surface area contributed by atoms with Gasteiger partial charge in [0, 0.05) is 5.92 Å². The van der Waals surface area contributed by atoms with Crippen LogP contribution in [0.15, 0.2) is 0 Å². The van der Waals surface area contributed by atoms with E-state index in [1.54, 1.807) is 6.92 Å². The van der Waals surface area contributed by atoms with Crippen LogP contribution in [0.25, 0.3) is 0 Å². The van der Waals surface area contributed by atoms with Gasteiger partial charge in [-0.15, -0.1) is 0 Å². The number of carbonyl (C=O) groups excluding carboxylic acids is 1. The Morgan fingerprint density at radius 1 is 1.71 bits per heavy atom. The molecule has 0 aliphatic heterocycles. The molecule has 1 aliphatic carbocycles. The van der Waals surface area contributed by atoms with Crippen molar-refractivity contribution in [2.45, 2.75) is 20.3 Å². The lowest BCUT2D eigenvalue weighted by atomic mass is 10.2. The number of ketones is 1. The SMILES string of the molecule is CC(=O)[C@@H]1C[C@@H]1C. The second-order valence-electron chi connectivity index (χ2n) is 2.43. The fourth-order valence-corrected chi connectivity index (χ4v) is 0.889. The molecule has 7 heavy (non-hydrogen) atoms. The van der Waals surface area contributed by atoms with Crippen molar-refractivity contribution in [1.82, 2.24) is 0 Å². The van der Waals surface area contributed by atoms with Crippen molar-refractivity contribution < 1.29 is 4.79 Å². The third-order valence-electron chi connectivity index (χ3n) is 1.63. The van der Waals surface area contributed by atoms with E-state index in [2.05, 4.69) is 6.92 Å².